The molecule has 0 atom stereocenters. The standard InChI is InChI=1S/C15H16ClN3O2/c1-19-12-5-3-4-10(12)14(18-19)15(20)17-11-8-9(16)6-7-13(11)21-2/h6-8H,3-5H2,1-2H3,(H,17,20). The second-order valence-electron chi connectivity index (χ2n) is 5.05. The van der Waals surface area contributed by atoms with Crippen LogP contribution < -0.4 is 10.1 Å². The van der Waals surface area contributed by atoms with Crippen LogP contribution in [0.2, 0.25) is 5.02 Å². The van der Waals surface area contributed by atoms with Crippen molar-refractivity contribution in [2.75, 3.05) is 12.4 Å². The summed E-state index contributed by atoms with van der Waals surface area (Å²) in [4.78, 5) is 12.5. The first-order chi connectivity index (χ1) is 10.1. The van der Waals surface area contributed by atoms with Gasteiger partial charge in [0, 0.05) is 23.3 Å². The molecule has 1 amide bonds. The van der Waals surface area contributed by atoms with E-state index in [1.807, 2.05) is 7.05 Å². The molecule has 0 fully saturated rings. The SMILES string of the molecule is COc1ccc(Cl)cc1NC(=O)c1nn(C)c2c1CCC2. The minimum absolute atomic E-state index is 0.227. The van der Waals surface area contributed by atoms with Crippen molar-refractivity contribution in [2.45, 2.75) is 19.3 Å². The molecule has 0 spiro atoms. The summed E-state index contributed by atoms with van der Waals surface area (Å²) in [5, 5.41) is 7.71. The lowest BCUT2D eigenvalue weighted by Crippen LogP contribution is -2.15. The lowest BCUT2D eigenvalue weighted by molar-refractivity contribution is 0.102. The average Bonchev–Trinajstić information content (AvgIpc) is 3.03. The Hall–Kier alpha value is -2.01. The number of benzene rings is 1. The Labute approximate surface area is 127 Å². The molecule has 2 aromatic rings. The van der Waals surface area contributed by atoms with Gasteiger partial charge in [-0.2, -0.15) is 5.10 Å². The number of ether oxygens (including phenoxy) is 1. The molecule has 0 unspecified atom stereocenters. The molecule has 1 heterocycles. The molecule has 21 heavy (non-hydrogen) atoms. The van der Waals surface area contributed by atoms with Gasteiger partial charge in [-0.3, -0.25) is 9.48 Å². The van der Waals surface area contributed by atoms with Crippen LogP contribution in [0.5, 0.6) is 5.75 Å². The number of amides is 1. The number of carbonyl (C=O) groups excluding carboxylic acids is 1. The molecular weight excluding hydrogens is 290 g/mol. The van der Waals surface area contributed by atoms with Gasteiger partial charge in [-0.05, 0) is 37.5 Å². The van der Waals surface area contributed by atoms with Gasteiger partial charge in [-0.1, -0.05) is 11.6 Å². The van der Waals surface area contributed by atoms with Gasteiger partial charge in [0.2, 0.25) is 0 Å². The van der Waals surface area contributed by atoms with Crippen LogP contribution in [0.1, 0.15) is 28.2 Å². The van der Waals surface area contributed by atoms with Crippen molar-refractivity contribution in [1.82, 2.24) is 9.78 Å². The van der Waals surface area contributed by atoms with Gasteiger partial charge in [0.15, 0.2) is 5.69 Å². The van der Waals surface area contributed by atoms with Crippen LogP contribution in [-0.4, -0.2) is 22.8 Å². The van der Waals surface area contributed by atoms with E-state index in [9.17, 15) is 4.79 Å². The summed E-state index contributed by atoms with van der Waals surface area (Å²) in [5.74, 6) is 0.342. The molecule has 0 aliphatic heterocycles. The fourth-order valence-corrected chi connectivity index (χ4v) is 2.92. The molecule has 0 saturated carbocycles. The Morgan fingerprint density at radius 2 is 2.24 bits per heavy atom. The molecule has 3 rings (SSSR count). The maximum atomic E-state index is 12.5. The van der Waals surface area contributed by atoms with Crippen LogP contribution in [0, 0.1) is 0 Å². The Morgan fingerprint density at radius 1 is 1.43 bits per heavy atom. The molecule has 1 N–H and O–H groups in total. The van der Waals surface area contributed by atoms with Crippen molar-refractivity contribution >= 4 is 23.2 Å². The minimum atomic E-state index is -0.227. The van der Waals surface area contributed by atoms with Crippen LogP contribution in [0.4, 0.5) is 5.69 Å². The number of hydrogen-bond donors (Lipinski definition) is 1. The second kappa shape index (κ2) is 5.41. The van der Waals surface area contributed by atoms with E-state index in [0.717, 1.165) is 30.5 Å². The molecule has 0 saturated heterocycles. The molecule has 1 aliphatic carbocycles. The first-order valence-electron chi connectivity index (χ1n) is 6.80. The van der Waals surface area contributed by atoms with Crippen molar-refractivity contribution < 1.29 is 9.53 Å². The Kier molecular flexibility index (Phi) is 3.59. The quantitative estimate of drug-likeness (QED) is 0.948. The zero-order chi connectivity index (χ0) is 15.0. The normalized spacial score (nSPS) is 13.1. The minimum Gasteiger partial charge on any atom is -0.495 e. The molecule has 6 heteroatoms. The maximum absolute atomic E-state index is 12.5. The van der Waals surface area contributed by atoms with Crippen molar-refractivity contribution in [1.29, 1.82) is 0 Å². The van der Waals surface area contributed by atoms with Crippen LogP contribution in [0.15, 0.2) is 18.2 Å². The number of aromatic nitrogens is 2. The highest BCUT2D eigenvalue weighted by atomic mass is 35.5. The molecule has 5 nitrogen and oxygen atoms in total. The summed E-state index contributed by atoms with van der Waals surface area (Å²) in [6.45, 7) is 0. The topological polar surface area (TPSA) is 56.1 Å². The van der Waals surface area contributed by atoms with E-state index in [2.05, 4.69) is 10.4 Å². The van der Waals surface area contributed by atoms with Crippen LogP contribution in [0.25, 0.3) is 0 Å². The lowest BCUT2D eigenvalue weighted by Gasteiger charge is -2.10. The van der Waals surface area contributed by atoms with Gasteiger partial charge in [0.1, 0.15) is 5.75 Å². The van der Waals surface area contributed by atoms with Crippen molar-refractivity contribution in [3.63, 3.8) is 0 Å². The molecule has 1 aromatic heterocycles. The van der Waals surface area contributed by atoms with Gasteiger partial charge >= 0.3 is 0 Å². The highest BCUT2D eigenvalue weighted by Crippen LogP contribution is 2.29. The van der Waals surface area contributed by atoms with Crippen molar-refractivity contribution in [2.24, 2.45) is 7.05 Å². The Balaban J connectivity index is 1.91. The first-order valence-corrected chi connectivity index (χ1v) is 7.17. The summed E-state index contributed by atoms with van der Waals surface area (Å²) in [7, 11) is 3.43. The number of nitrogens with zero attached hydrogens (tertiary/aromatic N) is 2. The summed E-state index contributed by atoms with van der Waals surface area (Å²) < 4.78 is 7.03. The number of rotatable bonds is 3. The largest absolute Gasteiger partial charge is 0.495 e. The third-order valence-corrected chi connectivity index (χ3v) is 3.98. The summed E-state index contributed by atoms with van der Waals surface area (Å²) in [6, 6.07) is 5.11. The number of fused-ring (bicyclic) bond motifs is 1. The van der Waals surface area contributed by atoms with E-state index in [1.54, 1.807) is 30.0 Å². The van der Waals surface area contributed by atoms with Gasteiger partial charge in [0.25, 0.3) is 5.91 Å². The molecular formula is C15H16ClN3O2. The van der Waals surface area contributed by atoms with Gasteiger partial charge in [-0.15, -0.1) is 0 Å². The zero-order valence-corrected chi connectivity index (χ0v) is 12.7. The summed E-state index contributed by atoms with van der Waals surface area (Å²) in [6.07, 6.45) is 2.95. The monoisotopic (exact) mass is 305 g/mol. The number of hydrogen-bond acceptors (Lipinski definition) is 3. The van der Waals surface area contributed by atoms with E-state index in [-0.39, 0.29) is 5.91 Å². The third kappa shape index (κ3) is 2.49. The van der Waals surface area contributed by atoms with Crippen molar-refractivity contribution in [3.05, 3.63) is 40.2 Å². The van der Waals surface area contributed by atoms with Crippen LogP contribution in [-0.2, 0) is 19.9 Å². The van der Waals surface area contributed by atoms with E-state index in [4.69, 9.17) is 16.3 Å². The van der Waals surface area contributed by atoms with E-state index in [1.165, 1.54) is 0 Å². The smallest absolute Gasteiger partial charge is 0.276 e. The molecule has 0 bridgehead atoms. The molecule has 110 valence electrons. The fraction of sp³-hybridized carbons (Fsp3) is 0.333. The summed E-state index contributed by atoms with van der Waals surface area (Å²) >= 11 is 5.97. The van der Waals surface area contributed by atoms with Gasteiger partial charge < -0.3 is 10.1 Å². The van der Waals surface area contributed by atoms with E-state index in [0.29, 0.717) is 22.2 Å². The number of aryl methyl sites for hydroxylation is 1. The van der Waals surface area contributed by atoms with E-state index < -0.39 is 0 Å². The van der Waals surface area contributed by atoms with Crippen LogP contribution in [0.3, 0.4) is 0 Å². The number of anilines is 1. The number of halogens is 1. The zero-order valence-electron chi connectivity index (χ0n) is 11.9. The second-order valence-corrected chi connectivity index (χ2v) is 5.49. The highest BCUT2D eigenvalue weighted by molar-refractivity contribution is 6.31. The Bertz CT molecular complexity index is 709. The lowest BCUT2D eigenvalue weighted by atomic mass is 10.2. The first kappa shape index (κ1) is 13.9. The number of carbonyl (C=O) groups is 1. The molecule has 1 aliphatic rings. The van der Waals surface area contributed by atoms with Crippen molar-refractivity contribution in [3.8, 4) is 5.75 Å². The average molecular weight is 306 g/mol. The van der Waals surface area contributed by atoms with Gasteiger partial charge in [-0.25, -0.2) is 0 Å². The van der Waals surface area contributed by atoms with E-state index >= 15 is 0 Å². The van der Waals surface area contributed by atoms with Crippen LogP contribution >= 0.6 is 11.6 Å². The molecule has 1 aromatic carbocycles. The summed E-state index contributed by atoms with van der Waals surface area (Å²) in [5.41, 5.74) is 3.24. The molecule has 0 radical (unpaired) electrons. The third-order valence-electron chi connectivity index (χ3n) is 3.74. The predicted octanol–water partition coefficient (Wildman–Crippen LogP) is 2.82. The number of nitrogens with one attached hydrogen (secondary N) is 1. The fourth-order valence-electron chi connectivity index (χ4n) is 2.75. The van der Waals surface area contributed by atoms with Gasteiger partial charge in [0.05, 0.1) is 12.8 Å². The predicted molar refractivity (Wildman–Crippen MR) is 81.2 cm³/mol. The maximum Gasteiger partial charge on any atom is 0.276 e. The number of methoxy groups -OCH3 is 1. The Morgan fingerprint density at radius 3 is 3.00 bits per heavy atom. The highest BCUT2D eigenvalue weighted by Gasteiger charge is 2.25.